The highest BCUT2D eigenvalue weighted by Crippen LogP contribution is 2.25. The predicted octanol–water partition coefficient (Wildman–Crippen LogP) is 1.96. The maximum absolute atomic E-state index is 10.8. The molecule has 4 heteroatoms. The molecule has 0 heterocycles. The molecule has 1 rings (SSSR count). The fraction of sp³-hybridized carbons (Fsp3) is 0.300. The molecule has 3 N–H and O–H groups in total. The average molecular weight is 258 g/mol. The van der Waals surface area contributed by atoms with Crippen molar-refractivity contribution in [2.24, 2.45) is 5.73 Å². The number of hydrogen-bond acceptors (Lipinski definition) is 2. The number of carboxylic acid groups (broad SMARTS) is 1. The SMILES string of the molecule is Cc1ccc(C(=O)O)c(Br)c1CCN. The van der Waals surface area contributed by atoms with E-state index < -0.39 is 5.97 Å². The van der Waals surface area contributed by atoms with Crippen LogP contribution < -0.4 is 5.73 Å². The zero-order valence-corrected chi connectivity index (χ0v) is 9.47. The van der Waals surface area contributed by atoms with E-state index in [0.29, 0.717) is 23.0 Å². The van der Waals surface area contributed by atoms with Gasteiger partial charge in [0.2, 0.25) is 0 Å². The monoisotopic (exact) mass is 257 g/mol. The van der Waals surface area contributed by atoms with Gasteiger partial charge in [-0.25, -0.2) is 4.79 Å². The lowest BCUT2D eigenvalue weighted by Crippen LogP contribution is -2.08. The topological polar surface area (TPSA) is 63.3 Å². The summed E-state index contributed by atoms with van der Waals surface area (Å²) in [5.41, 5.74) is 7.79. The lowest BCUT2D eigenvalue weighted by molar-refractivity contribution is 0.0695. The molecule has 0 aromatic heterocycles. The van der Waals surface area contributed by atoms with Crippen LogP contribution in [0.5, 0.6) is 0 Å². The molecular formula is C10H12BrNO2. The third-order valence-electron chi connectivity index (χ3n) is 2.10. The predicted molar refractivity (Wildman–Crippen MR) is 58.6 cm³/mol. The maximum Gasteiger partial charge on any atom is 0.336 e. The number of carbonyl (C=O) groups is 1. The van der Waals surface area contributed by atoms with E-state index in [1.165, 1.54) is 0 Å². The number of nitrogens with two attached hydrogens (primary N) is 1. The Labute approximate surface area is 91.1 Å². The van der Waals surface area contributed by atoms with Crippen molar-refractivity contribution in [1.82, 2.24) is 0 Å². The fourth-order valence-corrected chi connectivity index (χ4v) is 2.15. The highest BCUT2D eigenvalue weighted by molar-refractivity contribution is 9.10. The number of hydrogen-bond donors (Lipinski definition) is 2. The summed E-state index contributed by atoms with van der Waals surface area (Å²) in [4.78, 5) is 10.8. The summed E-state index contributed by atoms with van der Waals surface area (Å²) in [7, 11) is 0. The van der Waals surface area contributed by atoms with Crippen molar-refractivity contribution in [3.63, 3.8) is 0 Å². The van der Waals surface area contributed by atoms with Crippen LogP contribution >= 0.6 is 15.9 Å². The second-order valence-electron chi connectivity index (χ2n) is 3.07. The summed E-state index contributed by atoms with van der Waals surface area (Å²) >= 11 is 3.30. The minimum absolute atomic E-state index is 0.291. The van der Waals surface area contributed by atoms with Gasteiger partial charge < -0.3 is 10.8 Å². The number of benzene rings is 1. The van der Waals surface area contributed by atoms with Crippen LogP contribution in [0.15, 0.2) is 16.6 Å². The number of halogens is 1. The first kappa shape index (κ1) is 11.2. The molecule has 0 spiro atoms. The van der Waals surface area contributed by atoms with E-state index in [-0.39, 0.29) is 0 Å². The Bertz CT molecular complexity index is 363. The van der Waals surface area contributed by atoms with Gasteiger partial charge in [-0.15, -0.1) is 0 Å². The Balaban J connectivity index is 3.26. The van der Waals surface area contributed by atoms with Crippen molar-refractivity contribution in [3.05, 3.63) is 33.3 Å². The molecule has 0 saturated heterocycles. The van der Waals surface area contributed by atoms with Crippen molar-refractivity contribution in [3.8, 4) is 0 Å². The zero-order valence-electron chi connectivity index (χ0n) is 7.88. The smallest absolute Gasteiger partial charge is 0.336 e. The molecule has 0 bridgehead atoms. The molecule has 3 nitrogen and oxygen atoms in total. The molecule has 0 radical (unpaired) electrons. The lowest BCUT2D eigenvalue weighted by Gasteiger charge is -2.09. The Morgan fingerprint density at radius 1 is 1.57 bits per heavy atom. The van der Waals surface area contributed by atoms with Crippen molar-refractivity contribution in [2.75, 3.05) is 6.54 Å². The molecule has 0 unspecified atom stereocenters. The van der Waals surface area contributed by atoms with Gasteiger partial charge in [0, 0.05) is 4.47 Å². The number of carboxylic acids is 1. The van der Waals surface area contributed by atoms with E-state index in [4.69, 9.17) is 10.8 Å². The average Bonchev–Trinajstić information content (AvgIpc) is 2.11. The summed E-state index contributed by atoms with van der Waals surface area (Å²) < 4.78 is 0.649. The second kappa shape index (κ2) is 4.57. The minimum atomic E-state index is -0.921. The van der Waals surface area contributed by atoms with Crippen molar-refractivity contribution >= 4 is 21.9 Å². The van der Waals surface area contributed by atoms with Crippen molar-refractivity contribution in [2.45, 2.75) is 13.3 Å². The molecule has 0 saturated carbocycles. The Hall–Kier alpha value is -0.870. The quantitative estimate of drug-likeness (QED) is 0.871. The van der Waals surface area contributed by atoms with Gasteiger partial charge in [-0.05, 0) is 53.0 Å². The summed E-state index contributed by atoms with van der Waals surface area (Å²) in [6.07, 6.45) is 0.688. The fourth-order valence-electron chi connectivity index (χ4n) is 1.33. The van der Waals surface area contributed by atoms with Gasteiger partial charge in [0.05, 0.1) is 5.56 Å². The van der Waals surface area contributed by atoms with E-state index in [2.05, 4.69) is 15.9 Å². The lowest BCUT2D eigenvalue weighted by atomic mass is 10.0. The maximum atomic E-state index is 10.8. The third kappa shape index (κ3) is 2.13. The highest BCUT2D eigenvalue weighted by Gasteiger charge is 2.12. The summed E-state index contributed by atoms with van der Waals surface area (Å²) in [6.45, 7) is 2.46. The van der Waals surface area contributed by atoms with Crippen LogP contribution in [0, 0.1) is 6.92 Å². The minimum Gasteiger partial charge on any atom is -0.478 e. The Morgan fingerprint density at radius 3 is 2.71 bits per heavy atom. The van der Waals surface area contributed by atoms with Gasteiger partial charge in [0.1, 0.15) is 0 Å². The van der Waals surface area contributed by atoms with Crippen LogP contribution in [-0.2, 0) is 6.42 Å². The summed E-state index contributed by atoms with van der Waals surface area (Å²) in [5, 5.41) is 8.89. The molecule has 0 fully saturated rings. The highest BCUT2D eigenvalue weighted by atomic mass is 79.9. The van der Waals surface area contributed by atoms with E-state index in [1.54, 1.807) is 12.1 Å². The third-order valence-corrected chi connectivity index (χ3v) is 3.01. The summed E-state index contributed by atoms with van der Waals surface area (Å²) in [6, 6.07) is 3.40. The van der Waals surface area contributed by atoms with Crippen LogP contribution in [0.3, 0.4) is 0 Å². The molecule has 0 aliphatic rings. The number of rotatable bonds is 3. The molecule has 0 aliphatic carbocycles. The first-order chi connectivity index (χ1) is 6.57. The Kier molecular flexibility index (Phi) is 3.66. The molecule has 0 aliphatic heterocycles. The zero-order chi connectivity index (χ0) is 10.7. The van der Waals surface area contributed by atoms with E-state index in [0.717, 1.165) is 11.1 Å². The molecular weight excluding hydrogens is 246 g/mol. The molecule has 1 aromatic rings. The molecule has 14 heavy (non-hydrogen) atoms. The molecule has 1 aromatic carbocycles. The van der Waals surface area contributed by atoms with Gasteiger partial charge in [-0.1, -0.05) is 6.07 Å². The molecule has 0 atom stereocenters. The van der Waals surface area contributed by atoms with Gasteiger partial charge in [-0.2, -0.15) is 0 Å². The van der Waals surface area contributed by atoms with Crippen LogP contribution in [0.25, 0.3) is 0 Å². The van der Waals surface area contributed by atoms with Gasteiger partial charge in [0.15, 0.2) is 0 Å². The van der Waals surface area contributed by atoms with Gasteiger partial charge in [0.25, 0.3) is 0 Å². The first-order valence-electron chi connectivity index (χ1n) is 4.29. The van der Waals surface area contributed by atoms with Gasteiger partial charge >= 0.3 is 5.97 Å². The standard InChI is InChI=1S/C10H12BrNO2/c1-6-2-3-8(10(13)14)9(11)7(6)4-5-12/h2-3H,4-5,12H2,1H3,(H,13,14). The summed E-state index contributed by atoms with van der Waals surface area (Å²) in [5.74, 6) is -0.921. The largest absolute Gasteiger partial charge is 0.478 e. The number of aryl methyl sites for hydroxylation is 1. The van der Waals surface area contributed by atoms with Crippen molar-refractivity contribution < 1.29 is 9.90 Å². The Morgan fingerprint density at radius 2 is 2.21 bits per heavy atom. The van der Waals surface area contributed by atoms with Gasteiger partial charge in [-0.3, -0.25) is 0 Å². The van der Waals surface area contributed by atoms with Crippen LogP contribution in [0.1, 0.15) is 21.5 Å². The van der Waals surface area contributed by atoms with E-state index in [9.17, 15) is 4.79 Å². The second-order valence-corrected chi connectivity index (χ2v) is 3.86. The molecule has 0 amide bonds. The van der Waals surface area contributed by atoms with E-state index in [1.807, 2.05) is 6.92 Å². The van der Waals surface area contributed by atoms with Crippen LogP contribution in [0.2, 0.25) is 0 Å². The van der Waals surface area contributed by atoms with Crippen LogP contribution in [0.4, 0.5) is 0 Å². The van der Waals surface area contributed by atoms with Crippen molar-refractivity contribution in [1.29, 1.82) is 0 Å². The number of aromatic carboxylic acids is 1. The molecule has 76 valence electrons. The van der Waals surface area contributed by atoms with Crippen LogP contribution in [-0.4, -0.2) is 17.6 Å². The normalized spacial score (nSPS) is 10.2. The first-order valence-corrected chi connectivity index (χ1v) is 5.08. The van der Waals surface area contributed by atoms with E-state index >= 15 is 0 Å².